The zero-order valence-electron chi connectivity index (χ0n) is 10.5. The molecule has 0 aliphatic rings. The third kappa shape index (κ3) is 4.48. The van der Waals surface area contributed by atoms with Crippen molar-refractivity contribution in [3.63, 3.8) is 0 Å². The predicted molar refractivity (Wildman–Crippen MR) is 76.0 cm³/mol. The molecule has 0 aliphatic heterocycles. The molecule has 1 amide bonds. The maximum absolute atomic E-state index is 11.7. The van der Waals surface area contributed by atoms with E-state index in [1.54, 1.807) is 12.1 Å². The topological polar surface area (TPSA) is 55.1 Å². The van der Waals surface area contributed by atoms with Crippen LogP contribution in [0.5, 0.6) is 0 Å². The van der Waals surface area contributed by atoms with E-state index in [2.05, 4.69) is 5.32 Å². The molecule has 0 saturated heterocycles. The van der Waals surface area contributed by atoms with E-state index in [0.717, 1.165) is 5.56 Å². The maximum atomic E-state index is 11.7. The number of amides is 1. The first-order chi connectivity index (χ1) is 8.41. The molecule has 2 unspecified atom stereocenters. The molecule has 0 saturated carbocycles. The summed E-state index contributed by atoms with van der Waals surface area (Å²) in [6, 6.07) is 5.20. The fourth-order valence-electron chi connectivity index (χ4n) is 1.44. The van der Waals surface area contributed by atoms with Gasteiger partial charge in [-0.2, -0.15) is 0 Å². The smallest absolute Gasteiger partial charge is 0.224 e. The molecule has 0 spiro atoms. The molecule has 5 heteroatoms. The van der Waals surface area contributed by atoms with Gasteiger partial charge in [0.25, 0.3) is 0 Å². The van der Waals surface area contributed by atoms with E-state index in [-0.39, 0.29) is 17.9 Å². The molecule has 0 aliphatic carbocycles. The standard InChI is InChI=1S/C13H18Cl2N2O/c1-8(9(2)16)13(18)17-6-5-10-3-4-11(14)7-12(10)15/h3-4,7-9H,5-6,16H2,1-2H3,(H,17,18). The van der Waals surface area contributed by atoms with Crippen molar-refractivity contribution in [3.05, 3.63) is 33.8 Å². The monoisotopic (exact) mass is 288 g/mol. The molecule has 3 nitrogen and oxygen atoms in total. The summed E-state index contributed by atoms with van der Waals surface area (Å²) in [5.74, 6) is -0.222. The molecule has 1 aromatic rings. The Morgan fingerprint density at radius 2 is 2.06 bits per heavy atom. The second-order valence-corrected chi connectivity index (χ2v) is 5.27. The summed E-state index contributed by atoms with van der Waals surface area (Å²) in [7, 11) is 0. The average Bonchev–Trinajstić information content (AvgIpc) is 2.30. The molecule has 0 bridgehead atoms. The largest absolute Gasteiger partial charge is 0.355 e. The van der Waals surface area contributed by atoms with Gasteiger partial charge in [-0.1, -0.05) is 36.2 Å². The average molecular weight is 289 g/mol. The quantitative estimate of drug-likeness (QED) is 0.875. The number of carbonyl (C=O) groups is 1. The SMILES string of the molecule is CC(N)C(C)C(=O)NCCc1ccc(Cl)cc1Cl. The Labute approximate surface area is 118 Å². The number of benzene rings is 1. The van der Waals surface area contributed by atoms with Crippen LogP contribution in [0.1, 0.15) is 19.4 Å². The first-order valence-electron chi connectivity index (χ1n) is 5.89. The highest BCUT2D eigenvalue weighted by atomic mass is 35.5. The van der Waals surface area contributed by atoms with Gasteiger partial charge in [-0.05, 0) is 31.0 Å². The zero-order valence-corrected chi connectivity index (χ0v) is 12.1. The van der Waals surface area contributed by atoms with E-state index in [1.165, 1.54) is 0 Å². The van der Waals surface area contributed by atoms with Gasteiger partial charge < -0.3 is 11.1 Å². The van der Waals surface area contributed by atoms with E-state index in [4.69, 9.17) is 28.9 Å². The molecule has 0 fully saturated rings. The van der Waals surface area contributed by atoms with Crippen molar-refractivity contribution in [1.82, 2.24) is 5.32 Å². The van der Waals surface area contributed by atoms with Crippen LogP contribution in [0, 0.1) is 5.92 Å². The number of nitrogens with one attached hydrogen (secondary N) is 1. The van der Waals surface area contributed by atoms with Crippen LogP contribution in [-0.2, 0) is 11.2 Å². The zero-order chi connectivity index (χ0) is 13.7. The molecule has 18 heavy (non-hydrogen) atoms. The molecular weight excluding hydrogens is 271 g/mol. The van der Waals surface area contributed by atoms with Crippen LogP contribution in [0.3, 0.4) is 0 Å². The van der Waals surface area contributed by atoms with Gasteiger partial charge in [-0.25, -0.2) is 0 Å². The van der Waals surface area contributed by atoms with Crippen LogP contribution in [-0.4, -0.2) is 18.5 Å². The highest BCUT2D eigenvalue weighted by molar-refractivity contribution is 6.35. The number of nitrogens with two attached hydrogens (primary N) is 1. The molecule has 3 N–H and O–H groups in total. The molecule has 100 valence electrons. The maximum Gasteiger partial charge on any atom is 0.224 e. The normalized spacial score (nSPS) is 14.1. The summed E-state index contributed by atoms with van der Waals surface area (Å²) in [6.45, 7) is 4.17. The minimum atomic E-state index is -0.189. The van der Waals surface area contributed by atoms with Crippen molar-refractivity contribution in [1.29, 1.82) is 0 Å². The molecule has 0 radical (unpaired) electrons. The Kier molecular flexibility index (Phi) is 5.93. The third-order valence-corrected chi connectivity index (χ3v) is 3.50. The molecule has 1 rings (SSSR count). The third-order valence-electron chi connectivity index (χ3n) is 2.91. The summed E-state index contributed by atoms with van der Waals surface area (Å²) in [4.78, 5) is 11.7. The van der Waals surface area contributed by atoms with E-state index in [9.17, 15) is 4.79 Å². The van der Waals surface area contributed by atoms with E-state index < -0.39 is 0 Å². The first-order valence-corrected chi connectivity index (χ1v) is 6.64. The van der Waals surface area contributed by atoms with Gasteiger partial charge in [-0.15, -0.1) is 0 Å². The van der Waals surface area contributed by atoms with Crippen molar-refractivity contribution < 1.29 is 4.79 Å². The van der Waals surface area contributed by atoms with Gasteiger partial charge in [0.2, 0.25) is 5.91 Å². The van der Waals surface area contributed by atoms with E-state index in [1.807, 2.05) is 19.9 Å². The van der Waals surface area contributed by atoms with Gasteiger partial charge in [0, 0.05) is 28.5 Å². The van der Waals surface area contributed by atoms with E-state index >= 15 is 0 Å². The molecule has 2 atom stereocenters. The van der Waals surface area contributed by atoms with Crippen molar-refractivity contribution >= 4 is 29.1 Å². The Balaban J connectivity index is 2.44. The number of hydrogen-bond acceptors (Lipinski definition) is 2. The fourth-order valence-corrected chi connectivity index (χ4v) is 1.95. The summed E-state index contributed by atoms with van der Waals surface area (Å²) in [6.07, 6.45) is 0.674. The van der Waals surface area contributed by atoms with Crippen LogP contribution in [0.4, 0.5) is 0 Å². The highest BCUT2D eigenvalue weighted by Crippen LogP contribution is 2.21. The van der Waals surface area contributed by atoms with Crippen molar-refractivity contribution in [2.45, 2.75) is 26.3 Å². The van der Waals surface area contributed by atoms with Gasteiger partial charge in [-0.3, -0.25) is 4.79 Å². The van der Waals surface area contributed by atoms with Crippen LogP contribution in [0.25, 0.3) is 0 Å². The molecule has 1 aromatic carbocycles. The predicted octanol–water partition coefficient (Wildman–Crippen LogP) is 2.64. The summed E-state index contributed by atoms with van der Waals surface area (Å²) >= 11 is 11.9. The molecule has 0 heterocycles. The van der Waals surface area contributed by atoms with Crippen molar-refractivity contribution in [3.8, 4) is 0 Å². The van der Waals surface area contributed by atoms with Crippen LogP contribution < -0.4 is 11.1 Å². The van der Waals surface area contributed by atoms with Gasteiger partial charge in [0.1, 0.15) is 0 Å². The highest BCUT2D eigenvalue weighted by Gasteiger charge is 2.16. The van der Waals surface area contributed by atoms with Gasteiger partial charge in [0.15, 0.2) is 0 Å². The Bertz CT molecular complexity index is 421. The number of halogens is 2. The Hall–Kier alpha value is -0.770. The first kappa shape index (κ1) is 15.3. The minimum Gasteiger partial charge on any atom is -0.355 e. The number of carbonyl (C=O) groups excluding carboxylic acids is 1. The summed E-state index contributed by atoms with van der Waals surface area (Å²) in [5.41, 5.74) is 6.63. The fraction of sp³-hybridized carbons (Fsp3) is 0.462. The van der Waals surface area contributed by atoms with Crippen LogP contribution in [0.2, 0.25) is 10.0 Å². The number of hydrogen-bond donors (Lipinski definition) is 2. The molecule has 0 aromatic heterocycles. The lowest BCUT2D eigenvalue weighted by Gasteiger charge is -2.15. The van der Waals surface area contributed by atoms with Crippen molar-refractivity contribution in [2.75, 3.05) is 6.54 Å². The number of rotatable bonds is 5. The van der Waals surface area contributed by atoms with E-state index in [0.29, 0.717) is 23.0 Å². The lowest BCUT2D eigenvalue weighted by molar-refractivity contribution is -0.124. The van der Waals surface area contributed by atoms with Crippen LogP contribution >= 0.6 is 23.2 Å². The second-order valence-electron chi connectivity index (χ2n) is 4.42. The minimum absolute atomic E-state index is 0.0323. The van der Waals surface area contributed by atoms with Crippen molar-refractivity contribution in [2.24, 2.45) is 11.7 Å². The molecular formula is C13H18Cl2N2O. The van der Waals surface area contributed by atoms with Gasteiger partial charge >= 0.3 is 0 Å². The summed E-state index contributed by atoms with van der Waals surface area (Å²) < 4.78 is 0. The van der Waals surface area contributed by atoms with Crippen LogP contribution in [0.15, 0.2) is 18.2 Å². The lowest BCUT2D eigenvalue weighted by Crippen LogP contribution is -2.39. The lowest BCUT2D eigenvalue weighted by atomic mass is 10.0. The second kappa shape index (κ2) is 6.98. The Morgan fingerprint density at radius 3 is 2.61 bits per heavy atom. The Morgan fingerprint density at radius 1 is 1.39 bits per heavy atom. The van der Waals surface area contributed by atoms with Gasteiger partial charge in [0.05, 0.1) is 0 Å². The summed E-state index contributed by atoms with van der Waals surface area (Å²) in [5, 5.41) is 4.08.